The maximum Gasteiger partial charge on any atom is 0.0629 e. The predicted octanol–water partition coefficient (Wildman–Crippen LogP) is -2.27. The predicted molar refractivity (Wildman–Crippen MR) is 78.3 cm³/mol. The molecule has 0 unspecified atom stereocenters. The van der Waals surface area contributed by atoms with E-state index < -0.39 is 50.5 Å². The molecule has 1 aliphatic heterocycles. The molecule has 0 saturated carbocycles. The zero-order valence-corrected chi connectivity index (χ0v) is 13.0. The van der Waals surface area contributed by atoms with Gasteiger partial charge >= 0.3 is 0 Å². The first-order valence-corrected chi connectivity index (χ1v) is 7.38. The van der Waals surface area contributed by atoms with E-state index in [1.807, 2.05) is 0 Å². The van der Waals surface area contributed by atoms with Gasteiger partial charge in [-0.3, -0.25) is 0 Å². The molecular formula is C14H30O8. The fourth-order valence-electron chi connectivity index (χ4n) is 1.57. The molecule has 0 atom stereocenters. The van der Waals surface area contributed by atoms with Crippen LogP contribution >= 0.6 is 0 Å². The van der Waals surface area contributed by atoms with Crippen LogP contribution in [-0.4, -0.2) is 96.7 Å². The van der Waals surface area contributed by atoms with Gasteiger partial charge in [0.1, 0.15) is 0 Å². The average Bonchev–Trinajstić information content (AvgIpc) is 3.16. The Morgan fingerprint density at radius 2 is 0.955 bits per heavy atom. The first-order valence-electron chi connectivity index (χ1n) is 7.38. The van der Waals surface area contributed by atoms with Crippen molar-refractivity contribution in [3.05, 3.63) is 0 Å². The van der Waals surface area contributed by atoms with Gasteiger partial charge in [-0.1, -0.05) is 0 Å². The van der Waals surface area contributed by atoms with E-state index >= 15 is 0 Å². The molecule has 22 heavy (non-hydrogen) atoms. The lowest BCUT2D eigenvalue weighted by Crippen LogP contribution is -2.43. The van der Waals surface area contributed by atoms with Crippen LogP contribution in [0.3, 0.4) is 0 Å². The molecule has 0 aromatic carbocycles. The molecule has 1 aliphatic rings. The summed E-state index contributed by atoms with van der Waals surface area (Å²) in [4.78, 5) is 0. The largest absolute Gasteiger partial charge is 0.396 e. The monoisotopic (exact) mass is 326 g/mol. The lowest BCUT2D eigenvalue weighted by molar-refractivity contribution is -0.103. The van der Waals surface area contributed by atoms with Gasteiger partial charge in [-0.2, -0.15) is 0 Å². The van der Waals surface area contributed by atoms with Gasteiger partial charge in [0.2, 0.25) is 0 Å². The number of aliphatic hydroxyl groups excluding tert-OH is 6. The van der Waals surface area contributed by atoms with Crippen LogP contribution < -0.4 is 0 Å². The molecule has 1 fully saturated rings. The lowest BCUT2D eigenvalue weighted by Gasteiger charge is -2.31. The molecule has 0 radical (unpaired) electrons. The molecule has 0 aliphatic carbocycles. The van der Waals surface area contributed by atoms with Crippen LogP contribution in [0.5, 0.6) is 0 Å². The van der Waals surface area contributed by atoms with Crippen molar-refractivity contribution in [2.75, 3.05) is 66.1 Å². The van der Waals surface area contributed by atoms with Gasteiger partial charge in [0.25, 0.3) is 0 Å². The molecule has 1 saturated heterocycles. The van der Waals surface area contributed by atoms with Crippen LogP contribution in [0.25, 0.3) is 0 Å². The van der Waals surface area contributed by atoms with E-state index in [9.17, 15) is 0 Å². The molecule has 0 aromatic rings. The third-order valence-corrected chi connectivity index (χ3v) is 3.66. The highest BCUT2D eigenvalue weighted by Crippen LogP contribution is 2.19. The molecule has 8 heteroatoms. The van der Waals surface area contributed by atoms with E-state index in [-0.39, 0.29) is 13.2 Å². The minimum atomic E-state index is -1.16. The minimum Gasteiger partial charge on any atom is -0.396 e. The Balaban J connectivity index is 0.000000734. The van der Waals surface area contributed by atoms with E-state index in [0.717, 1.165) is 13.2 Å². The van der Waals surface area contributed by atoms with Crippen molar-refractivity contribution in [3.8, 4) is 0 Å². The van der Waals surface area contributed by atoms with Gasteiger partial charge < -0.3 is 40.1 Å². The van der Waals surface area contributed by atoms with E-state index in [1.54, 1.807) is 0 Å². The Hall–Kier alpha value is -0.320. The molecule has 1 heterocycles. The summed E-state index contributed by atoms with van der Waals surface area (Å²) in [6.45, 7) is -1.01. The van der Waals surface area contributed by atoms with Crippen molar-refractivity contribution in [2.45, 2.75) is 12.8 Å². The Bertz CT molecular complexity index is 205. The van der Waals surface area contributed by atoms with Crippen molar-refractivity contribution in [3.63, 3.8) is 0 Å². The van der Waals surface area contributed by atoms with Gasteiger partial charge in [0, 0.05) is 13.2 Å². The van der Waals surface area contributed by atoms with Gasteiger partial charge in [-0.15, -0.1) is 0 Å². The third-order valence-electron chi connectivity index (χ3n) is 3.66. The van der Waals surface area contributed by atoms with Crippen molar-refractivity contribution < 1.29 is 40.1 Å². The molecule has 6 N–H and O–H groups in total. The summed E-state index contributed by atoms with van der Waals surface area (Å²) in [7, 11) is 0. The van der Waals surface area contributed by atoms with E-state index in [2.05, 4.69) is 0 Å². The summed E-state index contributed by atoms with van der Waals surface area (Å²) in [5.41, 5.74) is -2.32. The highest BCUT2D eigenvalue weighted by Gasteiger charge is 2.32. The highest BCUT2D eigenvalue weighted by molar-refractivity contribution is 4.80. The first kappa shape index (κ1) is 21.7. The van der Waals surface area contributed by atoms with E-state index in [1.165, 1.54) is 12.8 Å². The normalized spacial score (nSPS) is 15.5. The summed E-state index contributed by atoms with van der Waals surface area (Å²) in [5, 5.41) is 54.2. The quantitative estimate of drug-likeness (QED) is 0.264. The fourth-order valence-corrected chi connectivity index (χ4v) is 1.57. The first-order chi connectivity index (χ1) is 10.6. The Morgan fingerprint density at radius 1 is 0.636 bits per heavy atom. The third kappa shape index (κ3) is 7.30. The van der Waals surface area contributed by atoms with Gasteiger partial charge in [0.05, 0.1) is 63.7 Å². The maximum absolute atomic E-state index is 9.03. The summed E-state index contributed by atoms with van der Waals surface area (Å²) in [6, 6.07) is 0. The van der Waals surface area contributed by atoms with Crippen LogP contribution in [0.1, 0.15) is 12.8 Å². The molecule has 0 bridgehead atoms. The molecule has 0 amide bonds. The number of rotatable bonds is 10. The summed E-state index contributed by atoms with van der Waals surface area (Å²) >= 11 is 0. The number of aliphatic hydroxyl groups is 6. The minimum absolute atomic E-state index is 0.141. The molecule has 134 valence electrons. The highest BCUT2D eigenvalue weighted by atomic mass is 16.5. The Morgan fingerprint density at radius 3 is 1.14 bits per heavy atom. The van der Waals surface area contributed by atoms with Gasteiger partial charge in [-0.05, 0) is 12.8 Å². The van der Waals surface area contributed by atoms with E-state index in [0.29, 0.717) is 0 Å². The second-order valence-corrected chi connectivity index (χ2v) is 5.76. The maximum atomic E-state index is 9.03. The number of ether oxygens (including phenoxy) is 2. The smallest absolute Gasteiger partial charge is 0.0629 e. The van der Waals surface area contributed by atoms with Crippen LogP contribution in [0.2, 0.25) is 0 Å². The SMILES string of the molecule is C1CCOC1.OCC(CO)(CO)COCC(CO)(CO)CO. The van der Waals surface area contributed by atoms with E-state index in [4.69, 9.17) is 40.1 Å². The zero-order chi connectivity index (χ0) is 16.9. The summed E-state index contributed by atoms with van der Waals surface area (Å²) in [5.74, 6) is 0. The molecule has 1 rings (SSSR count). The van der Waals surface area contributed by atoms with Crippen LogP contribution in [-0.2, 0) is 9.47 Å². The van der Waals surface area contributed by atoms with Crippen molar-refractivity contribution >= 4 is 0 Å². The van der Waals surface area contributed by atoms with Crippen LogP contribution in [0.4, 0.5) is 0 Å². The second kappa shape index (κ2) is 12.1. The molecule has 0 spiro atoms. The standard InChI is InChI=1S/C10H22O7.C4H8O/c11-1-9(2-12,3-13)7-17-8-10(4-14,5-15)6-16;1-2-4-5-3-1/h11-16H,1-8H2;1-4H2. The fraction of sp³-hybridized carbons (Fsp3) is 1.00. The van der Waals surface area contributed by atoms with Crippen molar-refractivity contribution in [1.82, 2.24) is 0 Å². The van der Waals surface area contributed by atoms with Crippen LogP contribution in [0.15, 0.2) is 0 Å². The van der Waals surface area contributed by atoms with Crippen molar-refractivity contribution in [1.29, 1.82) is 0 Å². The molecular weight excluding hydrogens is 296 g/mol. The topological polar surface area (TPSA) is 140 Å². The Labute approximate surface area is 130 Å². The number of hydrogen-bond acceptors (Lipinski definition) is 8. The van der Waals surface area contributed by atoms with Gasteiger partial charge in [0.15, 0.2) is 0 Å². The Kier molecular flexibility index (Phi) is 12.0. The average molecular weight is 326 g/mol. The zero-order valence-electron chi connectivity index (χ0n) is 13.0. The molecule has 8 nitrogen and oxygen atoms in total. The second-order valence-electron chi connectivity index (χ2n) is 5.76. The van der Waals surface area contributed by atoms with Crippen molar-refractivity contribution in [2.24, 2.45) is 10.8 Å². The molecule has 0 aromatic heterocycles. The lowest BCUT2D eigenvalue weighted by atomic mass is 9.91. The number of hydrogen-bond donors (Lipinski definition) is 6. The summed E-state index contributed by atoms with van der Waals surface area (Å²) in [6.07, 6.45) is 2.56. The summed E-state index contributed by atoms with van der Waals surface area (Å²) < 4.78 is 10.1. The van der Waals surface area contributed by atoms with Crippen LogP contribution in [0, 0.1) is 10.8 Å². The van der Waals surface area contributed by atoms with Gasteiger partial charge in [-0.25, -0.2) is 0 Å².